The number of carbonyl (C=O) groups excluding carboxylic acids is 1. The van der Waals surface area contributed by atoms with Crippen molar-refractivity contribution in [3.05, 3.63) is 18.5 Å². The molecule has 0 aliphatic heterocycles. The van der Waals surface area contributed by atoms with Crippen LogP contribution in [0.25, 0.3) is 0 Å². The highest BCUT2D eigenvalue weighted by Gasteiger charge is 2.24. The van der Waals surface area contributed by atoms with Gasteiger partial charge in [-0.05, 0) is 26.8 Å². The number of carboxylic acid groups (broad SMARTS) is 1. The molecule has 7 nitrogen and oxygen atoms in total. The zero-order valence-electron chi connectivity index (χ0n) is 10.6. The van der Waals surface area contributed by atoms with Crippen LogP contribution in [0.15, 0.2) is 18.5 Å². The van der Waals surface area contributed by atoms with E-state index < -0.39 is 23.7 Å². The standard InChI is InChI=1S/C11H17N3O4/c1-11(2,3)18-10(17)13-8(9(15)16)7-14-6-4-5-12-14/h4-6,8H,7H2,1-3H3,(H,13,17)(H,15,16)/t8-/m0/s1. The number of carboxylic acids is 1. The van der Waals surface area contributed by atoms with E-state index in [0.717, 1.165) is 0 Å². The lowest BCUT2D eigenvalue weighted by Gasteiger charge is -2.21. The minimum Gasteiger partial charge on any atom is -0.480 e. The van der Waals surface area contributed by atoms with Gasteiger partial charge in [0.1, 0.15) is 11.6 Å². The van der Waals surface area contributed by atoms with Crippen molar-refractivity contribution in [2.45, 2.75) is 39.0 Å². The molecule has 0 fully saturated rings. The van der Waals surface area contributed by atoms with Gasteiger partial charge in [0.05, 0.1) is 6.54 Å². The van der Waals surface area contributed by atoms with E-state index >= 15 is 0 Å². The van der Waals surface area contributed by atoms with E-state index in [1.807, 2.05) is 0 Å². The smallest absolute Gasteiger partial charge is 0.408 e. The third-order valence-electron chi connectivity index (χ3n) is 1.92. The Kier molecular flexibility index (Phi) is 4.30. The van der Waals surface area contributed by atoms with Crippen LogP contribution in [-0.4, -0.2) is 38.6 Å². The molecule has 0 aromatic carbocycles. The molecule has 2 N–H and O–H groups in total. The van der Waals surface area contributed by atoms with Gasteiger partial charge in [0.25, 0.3) is 0 Å². The van der Waals surface area contributed by atoms with Crippen molar-refractivity contribution in [3.63, 3.8) is 0 Å². The van der Waals surface area contributed by atoms with Crippen LogP contribution >= 0.6 is 0 Å². The average molecular weight is 255 g/mol. The van der Waals surface area contributed by atoms with Crippen LogP contribution in [0.1, 0.15) is 20.8 Å². The third kappa shape index (κ3) is 4.86. The molecule has 0 spiro atoms. The lowest BCUT2D eigenvalue weighted by Crippen LogP contribution is -2.45. The van der Waals surface area contributed by atoms with Crippen molar-refractivity contribution in [3.8, 4) is 0 Å². The van der Waals surface area contributed by atoms with Crippen molar-refractivity contribution >= 4 is 12.1 Å². The molecular formula is C11H17N3O4. The Morgan fingerprint density at radius 1 is 1.50 bits per heavy atom. The van der Waals surface area contributed by atoms with Gasteiger partial charge in [-0.15, -0.1) is 0 Å². The highest BCUT2D eigenvalue weighted by molar-refractivity contribution is 5.79. The molecule has 0 saturated heterocycles. The number of aromatic nitrogens is 2. The van der Waals surface area contributed by atoms with E-state index in [4.69, 9.17) is 9.84 Å². The summed E-state index contributed by atoms with van der Waals surface area (Å²) in [6.07, 6.45) is 2.39. The second kappa shape index (κ2) is 5.52. The molecular weight excluding hydrogens is 238 g/mol. The Morgan fingerprint density at radius 3 is 2.61 bits per heavy atom. The van der Waals surface area contributed by atoms with Crippen LogP contribution in [0.4, 0.5) is 4.79 Å². The molecule has 0 unspecified atom stereocenters. The summed E-state index contributed by atoms with van der Waals surface area (Å²) in [6.45, 7) is 5.16. The number of hydrogen-bond acceptors (Lipinski definition) is 4. The van der Waals surface area contributed by atoms with Crippen molar-refractivity contribution in [1.29, 1.82) is 0 Å². The summed E-state index contributed by atoms with van der Waals surface area (Å²) in [4.78, 5) is 22.5. The maximum atomic E-state index is 11.5. The maximum Gasteiger partial charge on any atom is 0.408 e. The molecule has 1 aromatic heterocycles. The summed E-state index contributed by atoms with van der Waals surface area (Å²) in [5.74, 6) is -1.14. The number of nitrogens with one attached hydrogen (secondary N) is 1. The third-order valence-corrected chi connectivity index (χ3v) is 1.92. The van der Waals surface area contributed by atoms with Crippen molar-refractivity contribution in [1.82, 2.24) is 15.1 Å². The first-order valence-corrected chi connectivity index (χ1v) is 5.47. The molecule has 1 rings (SSSR count). The molecule has 0 radical (unpaired) electrons. The van der Waals surface area contributed by atoms with E-state index in [2.05, 4.69) is 10.4 Å². The Hall–Kier alpha value is -2.05. The highest BCUT2D eigenvalue weighted by Crippen LogP contribution is 2.07. The van der Waals surface area contributed by atoms with Crippen LogP contribution in [0.3, 0.4) is 0 Å². The first-order valence-electron chi connectivity index (χ1n) is 5.47. The number of alkyl carbamates (subject to hydrolysis) is 1. The summed E-state index contributed by atoms with van der Waals surface area (Å²) >= 11 is 0. The molecule has 0 bridgehead atoms. The average Bonchev–Trinajstić information content (AvgIpc) is 2.66. The molecule has 1 amide bonds. The SMILES string of the molecule is CC(C)(C)OC(=O)N[C@@H](Cn1cccn1)C(=O)O. The Labute approximate surface area is 105 Å². The van der Waals surface area contributed by atoms with Gasteiger partial charge >= 0.3 is 12.1 Å². The van der Waals surface area contributed by atoms with Gasteiger partial charge in [-0.3, -0.25) is 4.68 Å². The van der Waals surface area contributed by atoms with Gasteiger partial charge in [0, 0.05) is 12.4 Å². The van der Waals surface area contributed by atoms with Gasteiger partial charge in [-0.25, -0.2) is 9.59 Å². The first kappa shape index (κ1) is 14.0. The number of aliphatic carboxylic acids is 1. The number of amides is 1. The molecule has 7 heteroatoms. The maximum absolute atomic E-state index is 11.5. The van der Waals surface area contributed by atoms with Crippen LogP contribution in [0, 0.1) is 0 Å². The van der Waals surface area contributed by atoms with Crippen molar-refractivity contribution in [2.24, 2.45) is 0 Å². The van der Waals surface area contributed by atoms with Gasteiger partial charge < -0.3 is 15.2 Å². The molecule has 0 aliphatic rings. The number of nitrogens with zero attached hydrogens (tertiary/aromatic N) is 2. The topological polar surface area (TPSA) is 93.5 Å². The Bertz CT molecular complexity index is 408. The lowest BCUT2D eigenvalue weighted by molar-refractivity contribution is -0.139. The molecule has 100 valence electrons. The zero-order chi connectivity index (χ0) is 13.8. The largest absolute Gasteiger partial charge is 0.480 e. The fraction of sp³-hybridized carbons (Fsp3) is 0.545. The highest BCUT2D eigenvalue weighted by atomic mass is 16.6. The molecule has 1 heterocycles. The molecule has 1 aromatic rings. The molecule has 18 heavy (non-hydrogen) atoms. The van der Waals surface area contributed by atoms with Crippen molar-refractivity contribution in [2.75, 3.05) is 0 Å². The summed E-state index contributed by atoms with van der Waals surface area (Å²) in [6, 6.07) is 0.589. The second-order valence-electron chi connectivity index (χ2n) is 4.77. The van der Waals surface area contributed by atoms with Crippen LogP contribution in [-0.2, 0) is 16.1 Å². The minimum absolute atomic E-state index is 0.0432. The van der Waals surface area contributed by atoms with Crippen LogP contribution in [0.2, 0.25) is 0 Å². The monoisotopic (exact) mass is 255 g/mol. The normalized spacial score (nSPS) is 12.8. The second-order valence-corrected chi connectivity index (χ2v) is 4.77. The van der Waals surface area contributed by atoms with Crippen molar-refractivity contribution < 1.29 is 19.4 Å². The van der Waals surface area contributed by atoms with E-state index in [-0.39, 0.29) is 6.54 Å². The predicted molar refractivity (Wildman–Crippen MR) is 63.0 cm³/mol. The summed E-state index contributed by atoms with van der Waals surface area (Å²) < 4.78 is 6.42. The quantitative estimate of drug-likeness (QED) is 0.832. The molecule has 1 atom stereocenters. The van der Waals surface area contributed by atoms with E-state index in [9.17, 15) is 9.59 Å². The van der Waals surface area contributed by atoms with E-state index in [1.54, 1.807) is 33.0 Å². The fourth-order valence-corrected chi connectivity index (χ4v) is 1.23. The zero-order valence-corrected chi connectivity index (χ0v) is 10.6. The molecule has 0 aliphatic carbocycles. The minimum atomic E-state index is -1.14. The first-order chi connectivity index (χ1) is 8.28. The van der Waals surface area contributed by atoms with Crippen LogP contribution < -0.4 is 5.32 Å². The van der Waals surface area contributed by atoms with Gasteiger partial charge in [0.15, 0.2) is 0 Å². The number of carbonyl (C=O) groups is 2. The predicted octanol–water partition coefficient (Wildman–Crippen LogP) is 0.861. The summed E-state index contributed by atoms with van der Waals surface area (Å²) in [7, 11) is 0. The van der Waals surface area contributed by atoms with Gasteiger partial charge in [-0.1, -0.05) is 0 Å². The number of rotatable bonds is 4. The molecule has 0 saturated carbocycles. The van der Waals surface area contributed by atoms with Gasteiger partial charge in [-0.2, -0.15) is 5.10 Å². The fourth-order valence-electron chi connectivity index (χ4n) is 1.23. The Balaban J connectivity index is 2.58. The Morgan fingerprint density at radius 2 is 2.17 bits per heavy atom. The summed E-state index contributed by atoms with van der Waals surface area (Å²) in [5.41, 5.74) is -0.668. The lowest BCUT2D eigenvalue weighted by atomic mass is 10.2. The van der Waals surface area contributed by atoms with E-state index in [0.29, 0.717) is 0 Å². The van der Waals surface area contributed by atoms with Gasteiger partial charge in [0.2, 0.25) is 0 Å². The number of ether oxygens (including phenoxy) is 1. The number of hydrogen-bond donors (Lipinski definition) is 2. The van der Waals surface area contributed by atoms with E-state index in [1.165, 1.54) is 10.9 Å². The van der Waals surface area contributed by atoms with Crippen LogP contribution in [0.5, 0.6) is 0 Å². The summed E-state index contributed by atoms with van der Waals surface area (Å²) in [5, 5.41) is 15.2.